The molecule has 2 amide bonds. The van der Waals surface area contributed by atoms with Gasteiger partial charge in [0.05, 0.1) is 54.4 Å². The summed E-state index contributed by atoms with van der Waals surface area (Å²) in [6, 6.07) is 15.6. The molecule has 0 fully saturated rings. The fourth-order valence-electron chi connectivity index (χ4n) is 15.0. The largest absolute Gasteiger partial charge is 0.465 e. The summed E-state index contributed by atoms with van der Waals surface area (Å²) in [7, 11) is 1.50. The van der Waals surface area contributed by atoms with Gasteiger partial charge in [0.2, 0.25) is 0 Å². The molecule has 10 heteroatoms. The van der Waals surface area contributed by atoms with Crippen LogP contribution >= 0.6 is 45.3 Å². The first-order valence-corrected chi connectivity index (χ1v) is 41.1. The molecular weight excluding hydrogens is 1210 g/mol. The fraction of sp³-hybridized carbons (Fsp3) is 0.695. The molecule has 8 rings (SSSR count). The fourth-order valence-corrected chi connectivity index (χ4v) is 20.1. The van der Waals surface area contributed by atoms with E-state index in [4.69, 9.17) is 4.74 Å². The molecule has 3 aliphatic rings. The van der Waals surface area contributed by atoms with Gasteiger partial charge in [-0.25, -0.2) is 4.79 Å². The van der Waals surface area contributed by atoms with E-state index in [1.54, 1.807) is 34.0 Å². The Balaban J connectivity index is 1.20. The first kappa shape index (κ1) is 74.2. The molecule has 7 heterocycles. The predicted molar refractivity (Wildman–Crippen MR) is 403 cm³/mol. The van der Waals surface area contributed by atoms with Gasteiger partial charge in [0.15, 0.2) is 0 Å². The standard InChI is InChI=1S/C82H124N2O4S4/c1-12-15-18-21-24-27-29-32-37-42-46-60-49-44-39-34-35-40-45-54-81(7,8)82(9,10)70-57-63-64(79(87)88-11)55-62-56-68(91-75(62)76(63)92-70)65-50-51-66(89-65)73-71-72(78(86)83(73)58-60)74(67-52-53-69(90-67)80(4,5)6)84(77(71)85)59-61(47-41-36-31-26-23-20-17-14-3)48-43-38-33-30-28-25-22-19-16-13-2/h50-53,55-57,60-61H,12-49,54,58-59H2,1-11H3. The van der Waals surface area contributed by atoms with Crippen molar-refractivity contribution < 1.29 is 19.1 Å². The molecule has 2 unspecified atom stereocenters. The molecule has 1 aromatic carbocycles. The number of rotatable bonds is 35. The average Bonchev–Trinajstić information content (AvgIpc) is 1.56. The average molecular weight is 1330 g/mol. The van der Waals surface area contributed by atoms with Crippen LogP contribution < -0.4 is 0 Å². The van der Waals surface area contributed by atoms with Crippen molar-refractivity contribution in [3.8, 4) is 9.75 Å². The number of unbranched alkanes of at least 4 members (excludes halogenated alkanes) is 25. The maximum absolute atomic E-state index is 16.4. The van der Waals surface area contributed by atoms with Crippen LogP contribution in [0.1, 0.15) is 350 Å². The van der Waals surface area contributed by atoms with E-state index in [0.29, 0.717) is 41.6 Å². The van der Waals surface area contributed by atoms with Gasteiger partial charge in [-0.15, -0.1) is 45.3 Å². The lowest BCUT2D eigenvalue weighted by molar-refractivity contribution is -0.124. The summed E-state index contributed by atoms with van der Waals surface area (Å²) >= 11 is 7.18. The van der Waals surface area contributed by atoms with E-state index >= 15 is 9.59 Å². The van der Waals surface area contributed by atoms with Crippen LogP contribution in [-0.4, -0.2) is 47.8 Å². The molecule has 6 bridgehead atoms. The number of thiophene rings is 4. The van der Waals surface area contributed by atoms with E-state index in [1.165, 1.54) is 233 Å². The van der Waals surface area contributed by atoms with Crippen molar-refractivity contribution >= 4 is 94.7 Å². The molecular formula is C82H124N2O4S4. The predicted octanol–water partition coefficient (Wildman–Crippen LogP) is 26.6. The summed E-state index contributed by atoms with van der Waals surface area (Å²) in [5.74, 6) is 0.425. The van der Waals surface area contributed by atoms with Crippen molar-refractivity contribution in [2.24, 2.45) is 17.3 Å². The number of ether oxygens (including phenoxy) is 1. The minimum absolute atomic E-state index is 0.0216. The van der Waals surface area contributed by atoms with Gasteiger partial charge in [-0.3, -0.25) is 9.59 Å². The van der Waals surface area contributed by atoms with Gasteiger partial charge >= 0.3 is 5.97 Å². The second-order valence-electron chi connectivity index (χ2n) is 30.8. The second-order valence-corrected chi connectivity index (χ2v) is 35.0. The second kappa shape index (κ2) is 36.7. The highest BCUT2D eigenvalue weighted by atomic mass is 32.1. The van der Waals surface area contributed by atoms with Crippen LogP contribution in [0, 0.1) is 17.3 Å². The van der Waals surface area contributed by atoms with Crippen LogP contribution in [0.15, 0.2) is 53.6 Å². The number of methoxy groups -OCH3 is 1. The van der Waals surface area contributed by atoms with Crippen LogP contribution in [0.3, 0.4) is 0 Å². The number of fused-ring (bicyclic) bond motifs is 8. The van der Waals surface area contributed by atoms with Crippen molar-refractivity contribution in [2.45, 2.75) is 330 Å². The quantitative estimate of drug-likeness (QED) is 0.0299. The van der Waals surface area contributed by atoms with Crippen molar-refractivity contribution in [2.75, 3.05) is 20.2 Å². The Kier molecular flexibility index (Phi) is 29.6. The third kappa shape index (κ3) is 19.6. The van der Waals surface area contributed by atoms with Gasteiger partial charge in [-0.05, 0) is 103 Å². The Morgan fingerprint density at radius 1 is 0.554 bits per heavy atom. The SMILES string of the molecule is CCCCCCCCCCCCC1CCCCCCCCC(C)(C)C(C)(C)c2cc3c(C(=O)OC)cc4cc(sc4c3s2)-c2ccc(s2)C2=C3C(=O)N(CC(CCCCCCCCCC)CCCCCCCCCCCC)C(c4ccc(C(C)(C)C)s4)=C3C(=O)N2C1. The minimum atomic E-state index is -0.304. The molecule has 3 aliphatic heterocycles. The van der Waals surface area contributed by atoms with E-state index in [9.17, 15) is 4.79 Å². The summed E-state index contributed by atoms with van der Waals surface area (Å²) in [5.41, 5.74) is 3.44. The van der Waals surface area contributed by atoms with Crippen molar-refractivity contribution in [1.29, 1.82) is 0 Å². The molecule has 5 aromatic rings. The van der Waals surface area contributed by atoms with Gasteiger partial charge in [-0.2, -0.15) is 0 Å². The van der Waals surface area contributed by atoms with E-state index < -0.39 is 0 Å². The Hall–Kier alpha value is -3.57. The van der Waals surface area contributed by atoms with Crippen LogP contribution in [0.4, 0.5) is 0 Å². The highest BCUT2D eigenvalue weighted by molar-refractivity contribution is 7.30. The first-order valence-electron chi connectivity index (χ1n) is 37.9. The zero-order chi connectivity index (χ0) is 65.7. The molecule has 2 atom stereocenters. The van der Waals surface area contributed by atoms with Crippen LogP contribution in [-0.2, 0) is 25.2 Å². The molecule has 510 valence electrons. The minimum Gasteiger partial charge on any atom is -0.465 e. The summed E-state index contributed by atoms with van der Waals surface area (Å²) in [6.07, 6.45) is 49.3. The van der Waals surface area contributed by atoms with E-state index in [-0.39, 0.29) is 34.0 Å². The number of carbonyl (C=O) groups excluding carboxylic acids is 3. The van der Waals surface area contributed by atoms with Crippen molar-refractivity contribution in [1.82, 2.24) is 9.80 Å². The summed E-state index contributed by atoms with van der Waals surface area (Å²) in [6.45, 7) is 24.8. The van der Waals surface area contributed by atoms with Gasteiger partial charge < -0.3 is 14.5 Å². The monoisotopic (exact) mass is 1330 g/mol. The summed E-state index contributed by atoms with van der Waals surface area (Å²) < 4.78 is 7.85. The summed E-state index contributed by atoms with van der Waals surface area (Å²) in [5, 5.41) is 2.02. The zero-order valence-electron chi connectivity index (χ0n) is 59.8. The van der Waals surface area contributed by atoms with Gasteiger partial charge in [0.1, 0.15) is 0 Å². The van der Waals surface area contributed by atoms with Gasteiger partial charge in [-0.1, -0.05) is 288 Å². The molecule has 6 nitrogen and oxygen atoms in total. The number of hydrogen-bond acceptors (Lipinski definition) is 8. The van der Waals surface area contributed by atoms with Crippen LogP contribution in [0.5, 0.6) is 0 Å². The lowest BCUT2D eigenvalue weighted by Crippen LogP contribution is -2.35. The maximum atomic E-state index is 16.4. The van der Waals surface area contributed by atoms with E-state index in [1.807, 2.05) is 11.3 Å². The maximum Gasteiger partial charge on any atom is 0.338 e. The highest BCUT2D eigenvalue weighted by Crippen LogP contribution is 2.54. The third-order valence-corrected chi connectivity index (χ3v) is 27.4. The number of carbonyl (C=O) groups is 3. The Labute approximate surface area is 576 Å². The number of esters is 1. The Morgan fingerprint density at radius 2 is 1.07 bits per heavy atom. The van der Waals surface area contributed by atoms with Crippen molar-refractivity contribution in [3.05, 3.63) is 78.7 Å². The smallest absolute Gasteiger partial charge is 0.338 e. The lowest BCUT2D eigenvalue weighted by Gasteiger charge is -2.41. The van der Waals surface area contributed by atoms with E-state index in [0.717, 1.165) is 84.9 Å². The molecule has 0 saturated heterocycles. The Bertz CT molecular complexity index is 3170. The van der Waals surface area contributed by atoms with Crippen LogP contribution in [0.25, 0.3) is 41.3 Å². The third-order valence-electron chi connectivity index (χ3n) is 21.8. The molecule has 0 aliphatic carbocycles. The lowest BCUT2D eigenvalue weighted by atomic mass is 9.64. The molecule has 0 spiro atoms. The topological polar surface area (TPSA) is 66.9 Å². The molecule has 4 aromatic heterocycles. The molecule has 92 heavy (non-hydrogen) atoms. The molecule has 0 N–H and O–H groups in total. The number of benzene rings is 1. The van der Waals surface area contributed by atoms with Crippen LogP contribution in [0.2, 0.25) is 0 Å². The zero-order valence-corrected chi connectivity index (χ0v) is 63.1. The van der Waals surface area contributed by atoms with E-state index in [2.05, 4.69) is 122 Å². The number of hydrogen-bond donors (Lipinski definition) is 0. The number of amides is 2. The van der Waals surface area contributed by atoms with Gasteiger partial charge in [0, 0.05) is 43.4 Å². The molecule has 0 radical (unpaired) electrons. The number of nitrogens with zero attached hydrogens (tertiary/aromatic N) is 2. The Morgan fingerprint density at radius 3 is 1.63 bits per heavy atom. The normalized spacial score (nSPS) is 17.8. The van der Waals surface area contributed by atoms with Crippen molar-refractivity contribution in [3.63, 3.8) is 0 Å². The first-order chi connectivity index (χ1) is 44.4. The highest BCUT2D eigenvalue weighted by Gasteiger charge is 2.50. The summed E-state index contributed by atoms with van der Waals surface area (Å²) in [4.78, 5) is 57.6. The molecule has 0 saturated carbocycles. The van der Waals surface area contributed by atoms with Gasteiger partial charge in [0.25, 0.3) is 11.8 Å².